The Morgan fingerprint density at radius 3 is 2.76 bits per heavy atom. The molecule has 0 saturated heterocycles. The Morgan fingerprint density at radius 1 is 1.17 bits per heavy atom. The van der Waals surface area contributed by atoms with Crippen molar-refractivity contribution in [1.82, 2.24) is 4.98 Å². The third kappa shape index (κ3) is 3.99. The summed E-state index contributed by atoms with van der Waals surface area (Å²) < 4.78 is 12.0. The summed E-state index contributed by atoms with van der Waals surface area (Å²) in [7, 11) is 1.47. The van der Waals surface area contributed by atoms with Crippen LogP contribution in [0, 0.1) is 6.92 Å². The number of oxazole rings is 1. The number of hydrogen-bond acceptors (Lipinski definition) is 5. The number of aromatic nitrogens is 1. The van der Waals surface area contributed by atoms with Crippen molar-refractivity contribution in [1.29, 1.82) is 0 Å². The number of ether oxygens (including phenoxy) is 1. The van der Waals surface area contributed by atoms with E-state index in [2.05, 4.69) is 25.9 Å². The molecule has 0 aliphatic heterocycles. The number of hydrogen-bond donors (Lipinski definition) is 1. The van der Waals surface area contributed by atoms with Crippen molar-refractivity contribution in [2.24, 2.45) is 4.99 Å². The average molecular weight is 472 g/mol. The second kappa shape index (κ2) is 7.89. The van der Waals surface area contributed by atoms with Gasteiger partial charge in [-0.3, -0.25) is 4.99 Å². The number of methoxy groups -OCH3 is 1. The summed E-state index contributed by atoms with van der Waals surface area (Å²) in [4.78, 5) is 9.00. The lowest BCUT2D eigenvalue weighted by atomic mass is 10.1. The third-order valence-corrected chi connectivity index (χ3v) is 5.50. The Balaban J connectivity index is 1.67. The van der Waals surface area contributed by atoms with Gasteiger partial charge in [-0.1, -0.05) is 33.6 Å². The molecular weight excluding hydrogens is 456 g/mol. The molecule has 1 N–H and O–H groups in total. The monoisotopic (exact) mass is 470 g/mol. The predicted octanol–water partition coefficient (Wildman–Crippen LogP) is 6.68. The molecule has 1 heterocycles. The fraction of sp³-hybridized carbons (Fsp3) is 0.0909. The highest BCUT2D eigenvalue weighted by atomic mass is 79.9. The minimum Gasteiger partial charge on any atom is -0.504 e. The van der Waals surface area contributed by atoms with E-state index in [4.69, 9.17) is 20.8 Å². The molecule has 4 aromatic rings. The van der Waals surface area contributed by atoms with Crippen molar-refractivity contribution in [2.75, 3.05) is 7.11 Å². The largest absolute Gasteiger partial charge is 0.504 e. The summed E-state index contributed by atoms with van der Waals surface area (Å²) in [6.45, 7) is 2.03. The number of phenolic OH excluding ortho intramolecular Hbond substituents is 1. The van der Waals surface area contributed by atoms with Crippen LogP contribution in [0.25, 0.3) is 22.6 Å². The molecule has 0 bridgehead atoms. The van der Waals surface area contributed by atoms with E-state index in [0.717, 1.165) is 15.6 Å². The lowest BCUT2D eigenvalue weighted by Gasteiger charge is -2.06. The number of benzene rings is 3. The summed E-state index contributed by atoms with van der Waals surface area (Å²) in [5.74, 6) is 0.814. The number of aromatic hydroxyl groups is 1. The quantitative estimate of drug-likeness (QED) is 0.337. The summed E-state index contributed by atoms with van der Waals surface area (Å²) in [5, 5.41) is 10.7. The molecule has 1 aromatic heterocycles. The molecule has 0 saturated carbocycles. The Bertz CT molecular complexity index is 1250. The second-order valence-electron chi connectivity index (χ2n) is 6.44. The van der Waals surface area contributed by atoms with E-state index in [0.29, 0.717) is 39.0 Å². The first-order chi connectivity index (χ1) is 13.9. The fourth-order valence-electron chi connectivity index (χ4n) is 2.84. The van der Waals surface area contributed by atoms with Crippen LogP contribution in [0.4, 0.5) is 5.69 Å². The second-order valence-corrected chi connectivity index (χ2v) is 7.73. The Morgan fingerprint density at radius 2 is 2.00 bits per heavy atom. The van der Waals surface area contributed by atoms with E-state index in [1.54, 1.807) is 12.1 Å². The molecular formula is C22H16BrClN2O3. The molecule has 4 rings (SSSR count). The molecule has 5 nitrogen and oxygen atoms in total. The predicted molar refractivity (Wildman–Crippen MR) is 119 cm³/mol. The zero-order valence-electron chi connectivity index (χ0n) is 15.6. The highest BCUT2D eigenvalue weighted by Crippen LogP contribution is 2.33. The molecule has 0 atom stereocenters. The molecule has 0 aliphatic carbocycles. The molecule has 29 heavy (non-hydrogen) atoms. The maximum absolute atomic E-state index is 10.2. The Kier molecular flexibility index (Phi) is 5.30. The van der Waals surface area contributed by atoms with Crippen LogP contribution in [0.5, 0.6) is 11.5 Å². The van der Waals surface area contributed by atoms with E-state index in [1.807, 2.05) is 43.3 Å². The molecule has 7 heteroatoms. The van der Waals surface area contributed by atoms with Crippen molar-refractivity contribution in [3.63, 3.8) is 0 Å². The van der Waals surface area contributed by atoms with E-state index < -0.39 is 0 Å². The summed E-state index contributed by atoms with van der Waals surface area (Å²) in [6, 6.07) is 14.6. The maximum atomic E-state index is 10.2. The van der Waals surface area contributed by atoms with Crippen molar-refractivity contribution < 1.29 is 14.3 Å². The highest BCUT2D eigenvalue weighted by molar-refractivity contribution is 9.10. The molecule has 0 amide bonds. The van der Waals surface area contributed by atoms with Gasteiger partial charge in [0, 0.05) is 32.9 Å². The fourth-order valence-corrected chi connectivity index (χ4v) is 3.43. The van der Waals surface area contributed by atoms with Gasteiger partial charge in [-0.25, -0.2) is 4.98 Å². The molecule has 0 spiro atoms. The normalized spacial score (nSPS) is 11.4. The summed E-state index contributed by atoms with van der Waals surface area (Å²) in [6.07, 6.45) is 1.53. The van der Waals surface area contributed by atoms with Crippen LogP contribution < -0.4 is 4.74 Å². The van der Waals surface area contributed by atoms with Crippen LogP contribution in [0.3, 0.4) is 0 Å². The molecule has 146 valence electrons. The average Bonchev–Trinajstić information content (AvgIpc) is 3.13. The van der Waals surface area contributed by atoms with Crippen molar-refractivity contribution >= 4 is 50.5 Å². The summed E-state index contributed by atoms with van der Waals surface area (Å²) >= 11 is 9.60. The van der Waals surface area contributed by atoms with Gasteiger partial charge < -0.3 is 14.3 Å². The number of aliphatic imine (C=N–C) groups is 1. The lowest BCUT2D eigenvalue weighted by Crippen LogP contribution is -1.89. The zero-order chi connectivity index (χ0) is 20.5. The van der Waals surface area contributed by atoms with Crippen molar-refractivity contribution in [2.45, 2.75) is 6.92 Å². The van der Waals surface area contributed by atoms with Crippen molar-refractivity contribution in [3.05, 3.63) is 69.2 Å². The van der Waals surface area contributed by atoms with Gasteiger partial charge in [-0.15, -0.1) is 0 Å². The van der Waals surface area contributed by atoms with Crippen LogP contribution in [0.1, 0.15) is 11.1 Å². The molecule has 0 unspecified atom stereocenters. The van der Waals surface area contributed by atoms with Gasteiger partial charge in [0.15, 0.2) is 17.1 Å². The third-order valence-electron chi connectivity index (χ3n) is 4.43. The van der Waals surface area contributed by atoms with Crippen LogP contribution in [0.15, 0.2) is 62.4 Å². The number of nitrogens with zero attached hydrogens (tertiary/aromatic N) is 2. The van der Waals surface area contributed by atoms with E-state index in [-0.39, 0.29) is 5.75 Å². The molecule has 3 aromatic carbocycles. The summed E-state index contributed by atoms with van der Waals surface area (Å²) in [5.41, 5.74) is 4.52. The van der Waals surface area contributed by atoms with Crippen LogP contribution >= 0.6 is 27.5 Å². The number of halogens is 2. The molecule has 0 radical (unpaired) electrons. The van der Waals surface area contributed by atoms with Crippen LogP contribution in [-0.4, -0.2) is 23.4 Å². The zero-order valence-corrected chi connectivity index (χ0v) is 18.0. The first-order valence-corrected chi connectivity index (χ1v) is 9.89. The van der Waals surface area contributed by atoms with Gasteiger partial charge in [0.1, 0.15) is 5.52 Å². The number of phenols is 1. The Labute approximate surface area is 180 Å². The van der Waals surface area contributed by atoms with Crippen LogP contribution in [-0.2, 0) is 0 Å². The van der Waals surface area contributed by atoms with Gasteiger partial charge in [0.05, 0.1) is 12.8 Å². The Hall–Kier alpha value is -2.83. The first kappa shape index (κ1) is 19.5. The molecule has 0 aliphatic rings. The number of rotatable bonds is 4. The minimum absolute atomic E-state index is 0.0181. The SMILES string of the molecule is COc1cc(Cl)cc(C=Nc2ccc3oc(-c4ccc(C)c(Br)c4)nc3c2)c1O. The van der Waals surface area contributed by atoms with Crippen LogP contribution in [0.2, 0.25) is 5.02 Å². The van der Waals surface area contributed by atoms with Gasteiger partial charge in [0.25, 0.3) is 0 Å². The maximum Gasteiger partial charge on any atom is 0.227 e. The van der Waals surface area contributed by atoms with Gasteiger partial charge in [0.2, 0.25) is 5.89 Å². The number of fused-ring (bicyclic) bond motifs is 1. The topological polar surface area (TPSA) is 67.9 Å². The minimum atomic E-state index is -0.0181. The van der Waals surface area contributed by atoms with Gasteiger partial charge in [-0.2, -0.15) is 0 Å². The highest BCUT2D eigenvalue weighted by Gasteiger charge is 2.11. The number of aryl methyl sites for hydroxylation is 1. The smallest absolute Gasteiger partial charge is 0.227 e. The standard InChI is InChI=1S/C22H16BrClN2O3/c1-12-3-4-13(8-17(12)23)22-26-18-10-16(5-6-19(18)29-22)25-11-14-7-15(24)9-20(28-2)21(14)27/h3-11,27H,1-2H3. The van der Waals surface area contributed by atoms with Crippen molar-refractivity contribution in [3.8, 4) is 23.0 Å². The lowest BCUT2D eigenvalue weighted by molar-refractivity contribution is 0.373. The van der Waals surface area contributed by atoms with Gasteiger partial charge >= 0.3 is 0 Å². The van der Waals surface area contributed by atoms with E-state index in [9.17, 15) is 5.11 Å². The first-order valence-electron chi connectivity index (χ1n) is 8.72. The molecule has 0 fully saturated rings. The van der Waals surface area contributed by atoms with E-state index >= 15 is 0 Å². The van der Waals surface area contributed by atoms with Gasteiger partial charge in [-0.05, 0) is 48.9 Å². The van der Waals surface area contributed by atoms with E-state index in [1.165, 1.54) is 13.3 Å².